The summed E-state index contributed by atoms with van der Waals surface area (Å²) in [5, 5.41) is 13.9. The Morgan fingerprint density at radius 3 is 1.42 bits per heavy atom. The lowest BCUT2D eigenvalue weighted by Crippen LogP contribution is -2.45. The maximum atomic E-state index is 12.9. The molecule has 8 nitrogen and oxygen atoms in total. The number of rotatable bonds is 45. The number of phosphoric ester groups is 1. The molecule has 59 heavy (non-hydrogen) atoms. The van der Waals surface area contributed by atoms with Crippen LogP contribution in [-0.2, 0) is 18.4 Å². The summed E-state index contributed by atoms with van der Waals surface area (Å²) in [6, 6.07) is -0.853. The van der Waals surface area contributed by atoms with Crippen LogP contribution in [0.1, 0.15) is 226 Å². The summed E-state index contributed by atoms with van der Waals surface area (Å²) in [4.78, 5) is 23.2. The van der Waals surface area contributed by atoms with E-state index in [2.05, 4.69) is 43.5 Å². The molecule has 9 heteroatoms. The summed E-state index contributed by atoms with van der Waals surface area (Å²) < 4.78 is 23.6. The van der Waals surface area contributed by atoms with Crippen LogP contribution in [0.3, 0.4) is 0 Å². The molecular weight excluding hydrogens is 756 g/mol. The van der Waals surface area contributed by atoms with E-state index in [9.17, 15) is 19.4 Å². The number of nitrogens with one attached hydrogen (secondary N) is 1. The third kappa shape index (κ3) is 44.6. The number of quaternary nitrogens is 1. The molecule has 0 fully saturated rings. The minimum absolute atomic E-state index is 0.0586. The zero-order valence-electron chi connectivity index (χ0n) is 39.5. The van der Waals surface area contributed by atoms with Gasteiger partial charge in [-0.05, 0) is 51.4 Å². The van der Waals surface area contributed by atoms with Gasteiger partial charge in [0, 0.05) is 6.42 Å². The summed E-state index contributed by atoms with van der Waals surface area (Å²) in [6.07, 6.45) is 52.2. The quantitative estimate of drug-likeness (QED) is 0.0244. The second kappa shape index (κ2) is 42.0. The average Bonchev–Trinajstić information content (AvgIpc) is 3.19. The molecule has 0 saturated heterocycles. The second-order valence-corrected chi connectivity index (χ2v) is 19.6. The molecule has 3 N–H and O–H groups in total. The van der Waals surface area contributed by atoms with Crippen LogP contribution in [0, 0.1) is 0 Å². The Morgan fingerprint density at radius 2 is 0.966 bits per heavy atom. The maximum absolute atomic E-state index is 12.9. The number of unbranched alkanes of at least 4 members (excludes halogenated alkanes) is 28. The molecule has 0 aromatic carbocycles. The van der Waals surface area contributed by atoms with Crippen LogP contribution in [0.5, 0.6) is 0 Å². The molecule has 0 aromatic rings. The van der Waals surface area contributed by atoms with Gasteiger partial charge < -0.3 is 19.8 Å². The van der Waals surface area contributed by atoms with Gasteiger partial charge in [-0.25, -0.2) is 4.57 Å². The fourth-order valence-electron chi connectivity index (χ4n) is 7.13. The van der Waals surface area contributed by atoms with Gasteiger partial charge in [0.15, 0.2) is 0 Å². The second-order valence-electron chi connectivity index (χ2n) is 18.2. The molecule has 0 heterocycles. The molecule has 0 bridgehead atoms. The van der Waals surface area contributed by atoms with E-state index in [-0.39, 0.29) is 19.1 Å². The van der Waals surface area contributed by atoms with Crippen molar-refractivity contribution in [2.45, 2.75) is 238 Å². The molecule has 0 radical (unpaired) electrons. The van der Waals surface area contributed by atoms with Crippen LogP contribution in [-0.4, -0.2) is 73.4 Å². The van der Waals surface area contributed by atoms with Crippen LogP contribution in [0.4, 0.5) is 0 Å². The molecule has 0 saturated carbocycles. The Morgan fingerprint density at radius 1 is 0.576 bits per heavy atom. The van der Waals surface area contributed by atoms with Crippen molar-refractivity contribution in [1.82, 2.24) is 5.32 Å². The number of aliphatic hydroxyl groups excluding tert-OH is 1. The van der Waals surface area contributed by atoms with Crippen molar-refractivity contribution in [2.24, 2.45) is 0 Å². The summed E-state index contributed by atoms with van der Waals surface area (Å²) in [5.41, 5.74) is 0. The Balaban J connectivity index is 4.33. The average molecular weight is 854 g/mol. The molecule has 0 aliphatic carbocycles. The van der Waals surface area contributed by atoms with Gasteiger partial charge in [-0.15, -0.1) is 0 Å². The van der Waals surface area contributed by atoms with E-state index in [1.54, 1.807) is 6.08 Å². The molecule has 0 aliphatic rings. The number of phosphoric acid groups is 1. The maximum Gasteiger partial charge on any atom is 0.472 e. The van der Waals surface area contributed by atoms with Crippen molar-refractivity contribution in [2.75, 3.05) is 40.9 Å². The number of carbonyl (C=O) groups excluding carboxylic acids is 1. The first-order valence-electron chi connectivity index (χ1n) is 24.9. The van der Waals surface area contributed by atoms with E-state index in [1.165, 1.54) is 141 Å². The van der Waals surface area contributed by atoms with Gasteiger partial charge in [0.25, 0.3) is 0 Å². The fourth-order valence-corrected chi connectivity index (χ4v) is 7.87. The summed E-state index contributed by atoms with van der Waals surface area (Å²) >= 11 is 0. The molecule has 0 aliphatic heterocycles. The predicted molar refractivity (Wildman–Crippen MR) is 254 cm³/mol. The Bertz CT molecular complexity index is 1060. The van der Waals surface area contributed by atoms with Gasteiger partial charge in [0.05, 0.1) is 39.9 Å². The Hall–Kier alpha value is -1.28. The van der Waals surface area contributed by atoms with Crippen molar-refractivity contribution in [3.8, 4) is 0 Å². The minimum atomic E-state index is -4.34. The lowest BCUT2D eigenvalue weighted by atomic mass is 10.0. The highest BCUT2D eigenvalue weighted by atomic mass is 31.2. The van der Waals surface area contributed by atoms with E-state index in [0.29, 0.717) is 17.4 Å². The zero-order chi connectivity index (χ0) is 43.6. The topological polar surface area (TPSA) is 105 Å². The van der Waals surface area contributed by atoms with E-state index < -0.39 is 20.0 Å². The van der Waals surface area contributed by atoms with E-state index in [1.807, 2.05) is 27.2 Å². The number of hydrogen-bond acceptors (Lipinski definition) is 5. The number of hydrogen-bond donors (Lipinski definition) is 3. The lowest BCUT2D eigenvalue weighted by Gasteiger charge is -2.25. The fraction of sp³-hybridized carbons (Fsp3) is 0.860. The van der Waals surface area contributed by atoms with Gasteiger partial charge >= 0.3 is 7.82 Å². The normalized spacial score (nSPS) is 14.5. The van der Waals surface area contributed by atoms with Gasteiger partial charge in [-0.2, -0.15) is 0 Å². The number of likely N-dealkylation sites (N-methyl/N-ethyl adjacent to an activating group) is 1. The van der Waals surface area contributed by atoms with E-state index >= 15 is 0 Å². The third-order valence-electron chi connectivity index (χ3n) is 11.1. The number of amides is 1. The van der Waals surface area contributed by atoms with E-state index in [4.69, 9.17) is 9.05 Å². The van der Waals surface area contributed by atoms with Crippen molar-refractivity contribution < 1.29 is 32.9 Å². The highest BCUT2D eigenvalue weighted by Crippen LogP contribution is 2.43. The molecule has 0 aromatic heterocycles. The molecule has 3 atom stereocenters. The third-order valence-corrected chi connectivity index (χ3v) is 12.1. The molecular formula is C50H98N2O6P+. The van der Waals surface area contributed by atoms with Crippen LogP contribution in [0.25, 0.3) is 0 Å². The number of carbonyl (C=O) groups is 1. The first-order chi connectivity index (χ1) is 28.5. The summed E-state index contributed by atoms with van der Waals surface area (Å²) in [5.74, 6) is -0.190. The zero-order valence-corrected chi connectivity index (χ0v) is 40.4. The molecule has 3 unspecified atom stereocenters. The molecule has 0 spiro atoms. The van der Waals surface area contributed by atoms with Crippen LogP contribution < -0.4 is 5.32 Å². The highest BCUT2D eigenvalue weighted by molar-refractivity contribution is 7.47. The largest absolute Gasteiger partial charge is 0.472 e. The highest BCUT2D eigenvalue weighted by Gasteiger charge is 2.27. The smallest absolute Gasteiger partial charge is 0.387 e. The first-order valence-corrected chi connectivity index (χ1v) is 26.4. The van der Waals surface area contributed by atoms with Gasteiger partial charge in [-0.3, -0.25) is 13.8 Å². The van der Waals surface area contributed by atoms with Crippen molar-refractivity contribution >= 4 is 13.7 Å². The summed E-state index contributed by atoms with van der Waals surface area (Å²) in [6.45, 7) is 4.79. The Labute approximate surface area is 366 Å². The molecule has 348 valence electrons. The van der Waals surface area contributed by atoms with Crippen molar-refractivity contribution in [3.05, 3.63) is 36.5 Å². The van der Waals surface area contributed by atoms with Crippen LogP contribution in [0.2, 0.25) is 0 Å². The molecule has 0 rings (SSSR count). The summed E-state index contributed by atoms with van der Waals surface area (Å²) in [7, 11) is 1.56. The predicted octanol–water partition coefficient (Wildman–Crippen LogP) is 14.3. The van der Waals surface area contributed by atoms with E-state index in [0.717, 1.165) is 64.2 Å². The SMILES string of the molecule is CCCCC/C=C\C/C=C\CCCCCCCC(=O)NC(COP(=O)(O)OCC[N+](C)(C)C)C(O)/C=C/CCCCCCCCCCCCCCCCCCCCCC. The number of nitrogens with zero attached hydrogens (tertiary/aromatic N) is 1. The van der Waals surface area contributed by atoms with Crippen LogP contribution >= 0.6 is 7.82 Å². The Kier molecular flexibility index (Phi) is 41.1. The van der Waals surface area contributed by atoms with Gasteiger partial charge in [0.1, 0.15) is 13.2 Å². The van der Waals surface area contributed by atoms with Crippen molar-refractivity contribution in [3.63, 3.8) is 0 Å². The molecule has 1 amide bonds. The van der Waals surface area contributed by atoms with Crippen molar-refractivity contribution in [1.29, 1.82) is 0 Å². The lowest BCUT2D eigenvalue weighted by molar-refractivity contribution is -0.870. The monoisotopic (exact) mass is 854 g/mol. The number of aliphatic hydroxyl groups is 1. The minimum Gasteiger partial charge on any atom is -0.387 e. The van der Waals surface area contributed by atoms with Gasteiger partial charge in [-0.1, -0.05) is 204 Å². The standard InChI is InChI=1S/C50H97N2O6P/c1-6-8-10-12-14-16-18-20-22-23-24-25-26-27-28-30-31-33-35-37-39-41-43-49(53)48(47-58-59(55,56)57-46-45-52(3,4)5)51-50(54)44-42-40-38-36-34-32-29-21-19-17-15-13-11-9-7-2/h15,17,21,29,41,43,48-49,53H,6-14,16,18-20,22-28,30-40,42,44-47H2,1-5H3,(H-,51,54,55,56)/p+1/b17-15-,29-21-,43-41+. The van der Waals surface area contributed by atoms with Gasteiger partial charge in [0.2, 0.25) is 5.91 Å². The first kappa shape index (κ1) is 57.7. The van der Waals surface area contributed by atoms with Crippen LogP contribution in [0.15, 0.2) is 36.5 Å². The number of allylic oxidation sites excluding steroid dienone is 5.